The van der Waals surface area contributed by atoms with E-state index in [1.54, 1.807) is 27.7 Å². The fraction of sp³-hybridized carbons (Fsp3) is 0.318. The summed E-state index contributed by atoms with van der Waals surface area (Å²) < 4.78 is 46.5. The molecule has 0 aliphatic heterocycles. The highest BCUT2D eigenvalue weighted by atomic mass is 35.5. The minimum atomic E-state index is -5.02. The van der Waals surface area contributed by atoms with E-state index in [0.717, 1.165) is 18.2 Å². The molecule has 2 aromatic rings. The SMILES string of the molecule is Cc1cc(C=CC(O)(c2cc(Cl)cc(Cl)c2)C(F)(F)F)ccc1C(=O)OC(C)(C)C. The standard InChI is InChI=1S/C22H21Cl2F3O3/c1-13-9-14(5-6-18(13)19(28)30-20(2,3)4)7-8-21(29,22(25,26)27)15-10-16(23)12-17(24)11-15/h5-12,29H,1-4H3. The number of halogens is 5. The maximum atomic E-state index is 13.7. The van der Waals surface area contributed by atoms with Crippen molar-refractivity contribution in [1.82, 2.24) is 0 Å². The Morgan fingerprint density at radius 2 is 1.60 bits per heavy atom. The van der Waals surface area contributed by atoms with Gasteiger partial charge in [-0.3, -0.25) is 0 Å². The molecule has 8 heteroatoms. The van der Waals surface area contributed by atoms with Crippen molar-refractivity contribution in [3.8, 4) is 0 Å². The van der Waals surface area contributed by atoms with Crippen LogP contribution in [0.3, 0.4) is 0 Å². The molecular weight excluding hydrogens is 440 g/mol. The molecule has 0 bridgehead atoms. The number of rotatable bonds is 4. The van der Waals surface area contributed by atoms with Crippen molar-refractivity contribution in [3.05, 3.63) is 74.8 Å². The lowest BCUT2D eigenvalue weighted by atomic mass is 9.91. The highest BCUT2D eigenvalue weighted by Gasteiger charge is 2.53. The van der Waals surface area contributed by atoms with Crippen molar-refractivity contribution in [1.29, 1.82) is 0 Å². The summed E-state index contributed by atoms with van der Waals surface area (Å²) >= 11 is 11.6. The van der Waals surface area contributed by atoms with Gasteiger partial charge in [0, 0.05) is 10.0 Å². The molecule has 0 spiro atoms. The third kappa shape index (κ3) is 5.78. The van der Waals surface area contributed by atoms with Crippen molar-refractivity contribution in [2.24, 2.45) is 0 Å². The van der Waals surface area contributed by atoms with E-state index in [2.05, 4.69) is 0 Å². The van der Waals surface area contributed by atoms with E-state index >= 15 is 0 Å². The molecule has 0 aromatic heterocycles. The topological polar surface area (TPSA) is 46.5 Å². The Morgan fingerprint density at radius 3 is 2.07 bits per heavy atom. The minimum absolute atomic E-state index is 0.0360. The van der Waals surface area contributed by atoms with E-state index in [9.17, 15) is 23.1 Å². The maximum Gasteiger partial charge on any atom is 0.425 e. The Labute approximate surface area is 183 Å². The van der Waals surface area contributed by atoms with Gasteiger partial charge < -0.3 is 9.84 Å². The van der Waals surface area contributed by atoms with Gasteiger partial charge in [0.25, 0.3) is 0 Å². The number of carbonyl (C=O) groups is 1. The molecule has 0 heterocycles. The number of hydrogen-bond donors (Lipinski definition) is 1. The molecule has 0 aliphatic rings. The number of aryl methyl sites for hydroxylation is 1. The van der Waals surface area contributed by atoms with Crippen LogP contribution in [-0.2, 0) is 10.3 Å². The van der Waals surface area contributed by atoms with E-state index in [4.69, 9.17) is 27.9 Å². The first-order valence-electron chi connectivity index (χ1n) is 8.91. The summed E-state index contributed by atoms with van der Waals surface area (Å²) in [5.74, 6) is -0.532. The van der Waals surface area contributed by atoms with Crippen LogP contribution in [0, 0.1) is 6.92 Å². The summed E-state index contributed by atoms with van der Waals surface area (Å²) in [5.41, 5.74) is -3.31. The lowest BCUT2D eigenvalue weighted by molar-refractivity contribution is -0.244. The van der Waals surface area contributed by atoms with Gasteiger partial charge in [-0.2, -0.15) is 13.2 Å². The van der Waals surface area contributed by atoms with Crippen LogP contribution in [0.2, 0.25) is 10.0 Å². The van der Waals surface area contributed by atoms with Gasteiger partial charge in [-0.05, 0) is 74.7 Å². The van der Waals surface area contributed by atoms with Crippen LogP contribution in [0.25, 0.3) is 6.08 Å². The maximum absolute atomic E-state index is 13.7. The van der Waals surface area contributed by atoms with E-state index in [1.165, 1.54) is 24.3 Å². The third-order valence-corrected chi connectivity index (χ3v) is 4.56. The van der Waals surface area contributed by atoms with Crippen LogP contribution in [0.4, 0.5) is 13.2 Å². The van der Waals surface area contributed by atoms with Crippen LogP contribution in [0.5, 0.6) is 0 Å². The molecule has 2 rings (SSSR count). The number of ether oxygens (including phenoxy) is 1. The molecule has 30 heavy (non-hydrogen) atoms. The average molecular weight is 461 g/mol. The van der Waals surface area contributed by atoms with Crippen LogP contribution in [0.15, 0.2) is 42.5 Å². The van der Waals surface area contributed by atoms with E-state index in [1.807, 2.05) is 0 Å². The van der Waals surface area contributed by atoms with E-state index < -0.39 is 28.9 Å². The average Bonchev–Trinajstić information content (AvgIpc) is 2.56. The van der Waals surface area contributed by atoms with E-state index in [-0.39, 0.29) is 10.0 Å². The molecule has 0 saturated carbocycles. The Balaban J connectivity index is 2.41. The monoisotopic (exact) mass is 460 g/mol. The molecule has 0 fully saturated rings. The van der Waals surface area contributed by atoms with E-state index in [0.29, 0.717) is 22.8 Å². The third-order valence-electron chi connectivity index (χ3n) is 4.12. The summed E-state index contributed by atoms with van der Waals surface area (Å²) in [4.78, 5) is 12.2. The summed E-state index contributed by atoms with van der Waals surface area (Å²) in [7, 11) is 0. The predicted molar refractivity (Wildman–Crippen MR) is 112 cm³/mol. The zero-order valence-electron chi connectivity index (χ0n) is 16.8. The van der Waals surface area contributed by atoms with Crippen LogP contribution >= 0.6 is 23.2 Å². The van der Waals surface area contributed by atoms with Gasteiger partial charge in [0.2, 0.25) is 5.60 Å². The number of aliphatic hydroxyl groups is 1. The fourth-order valence-electron chi connectivity index (χ4n) is 2.70. The Hall–Kier alpha value is -2.02. The van der Waals surface area contributed by atoms with Crippen molar-refractivity contribution in [3.63, 3.8) is 0 Å². The van der Waals surface area contributed by atoms with Gasteiger partial charge in [0.05, 0.1) is 5.56 Å². The Bertz CT molecular complexity index is 958. The molecule has 0 saturated heterocycles. The number of hydrogen-bond acceptors (Lipinski definition) is 3. The molecule has 0 radical (unpaired) electrons. The lowest BCUT2D eigenvalue weighted by Gasteiger charge is -2.28. The number of esters is 1. The summed E-state index contributed by atoms with van der Waals surface area (Å²) in [5, 5.41) is 10.4. The second-order valence-corrected chi connectivity index (χ2v) is 8.70. The quantitative estimate of drug-likeness (QED) is 0.515. The molecule has 1 unspecified atom stereocenters. The van der Waals surface area contributed by atoms with Gasteiger partial charge in [0.15, 0.2) is 0 Å². The molecule has 2 aromatic carbocycles. The first-order valence-corrected chi connectivity index (χ1v) is 9.67. The molecule has 1 N–H and O–H groups in total. The largest absolute Gasteiger partial charge is 0.456 e. The molecule has 0 aliphatic carbocycles. The smallest absolute Gasteiger partial charge is 0.425 e. The zero-order valence-corrected chi connectivity index (χ0v) is 18.3. The van der Waals surface area contributed by atoms with Gasteiger partial charge in [-0.1, -0.05) is 41.4 Å². The van der Waals surface area contributed by atoms with Crippen LogP contribution < -0.4 is 0 Å². The highest BCUT2D eigenvalue weighted by molar-refractivity contribution is 6.34. The Kier molecular flexibility index (Phi) is 6.96. The van der Waals surface area contributed by atoms with Crippen molar-refractivity contribution in [2.75, 3.05) is 0 Å². The second kappa shape index (κ2) is 8.61. The van der Waals surface area contributed by atoms with Crippen LogP contribution in [0.1, 0.15) is 47.8 Å². The van der Waals surface area contributed by atoms with Crippen molar-refractivity contribution < 1.29 is 27.8 Å². The molecule has 0 amide bonds. The Morgan fingerprint density at radius 1 is 1.03 bits per heavy atom. The first kappa shape index (κ1) is 24.3. The molecular formula is C22H21Cl2F3O3. The number of alkyl halides is 3. The minimum Gasteiger partial charge on any atom is -0.456 e. The van der Waals surface area contributed by atoms with Crippen molar-refractivity contribution in [2.45, 2.75) is 45.1 Å². The zero-order chi connectivity index (χ0) is 22.9. The number of benzene rings is 2. The van der Waals surface area contributed by atoms with Gasteiger partial charge >= 0.3 is 12.1 Å². The predicted octanol–water partition coefficient (Wildman–Crippen LogP) is 6.72. The normalized spacial score (nSPS) is 14.6. The van der Waals surface area contributed by atoms with Gasteiger partial charge in [-0.25, -0.2) is 4.79 Å². The number of carbonyl (C=O) groups excluding carboxylic acids is 1. The first-order chi connectivity index (χ1) is 13.6. The molecule has 3 nitrogen and oxygen atoms in total. The summed E-state index contributed by atoms with van der Waals surface area (Å²) in [6, 6.07) is 7.73. The molecule has 162 valence electrons. The highest BCUT2D eigenvalue weighted by Crippen LogP contribution is 2.42. The summed E-state index contributed by atoms with van der Waals surface area (Å²) in [6.45, 7) is 6.84. The molecule has 1 atom stereocenters. The van der Waals surface area contributed by atoms with Crippen molar-refractivity contribution >= 4 is 35.2 Å². The summed E-state index contributed by atoms with van der Waals surface area (Å²) in [6.07, 6.45) is -3.28. The van der Waals surface area contributed by atoms with Gasteiger partial charge in [-0.15, -0.1) is 0 Å². The van der Waals surface area contributed by atoms with Crippen LogP contribution in [-0.4, -0.2) is 22.9 Å². The second-order valence-electron chi connectivity index (χ2n) is 7.83. The van der Waals surface area contributed by atoms with Gasteiger partial charge in [0.1, 0.15) is 5.60 Å². The fourth-order valence-corrected chi connectivity index (χ4v) is 3.22. The lowest BCUT2D eigenvalue weighted by Crippen LogP contribution is -2.40.